The van der Waals surface area contributed by atoms with Gasteiger partial charge < -0.3 is 5.32 Å². The lowest BCUT2D eigenvalue weighted by Crippen LogP contribution is -2.15. The molecule has 3 aromatic rings. The lowest BCUT2D eigenvalue weighted by atomic mass is 10.2. The molecule has 0 saturated heterocycles. The number of hydrogen-bond acceptors (Lipinski definition) is 4. The Morgan fingerprint density at radius 3 is 3.00 bits per heavy atom. The quantitative estimate of drug-likeness (QED) is 0.754. The third-order valence-electron chi connectivity index (χ3n) is 2.96. The second-order valence-electron chi connectivity index (χ2n) is 4.19. The summed E-state index contributed by atoms with van der Waals surface area (Å²) in [6, 6.07) is 7.45. The fourth-order valence-corrected chi connectivity index (χ4v) is 1.95. The van der Waals surface area contributed by atoms with Crippen LogP contribution in [0.3, 0.4) is 0 Å². The topological polar surface area (TPSA) is 88.0 Å². The molecule has 98 valence electrons. The van der Waals surface area contributed by atoms with Gasteiger partial charge in [-0.15, -0.1) is 0 Å². The van der Waals surface area contributed by atoms with E-state index in [2.05, 4.69) is 15.5 Å². The zero-order valence-electron chi connectivity index (χ0n) is 10.6. The first-order valence-corrected chi connectivity index (χ1v) is 5.86. The summed E-state index contributed by atoms with van der Waals surface area (Å²) in [6.07, 6.45) is 4.66. The van der Waals surface area contributed by atoms with Gasteiger partial charge >= 0.3 is 0 Å². The van der Waals surface area contributed by atoms with Crippen molar-refractivity contribution < 1.29 is 4.79 Å². The fourth-order valence-electron chi connectivity index (χ4n) is 1.95. The highest BCUT2D eigenvalue weighted by Crippen LogP contribution is 2.16. The largest absolute Gasteiger partial charge is 0.306 e. The molecule has 0 bridgehead atoms. The second-order valence-corrected chi connectivity index (χ2v) is 4.19. The third kappa shape index (κ3) is 1.80. The van der Waals surface area contributed by atoms with Gasteiger partial charge in [0.2, 0.25) is 0 Å². The van der Waals surface area contributed by atoms with E-state index in [1.54, 1.807) is 23.8 Å². The Labute approximate surface area is 114 Å². The summed E-state index contributed by atoms with van der Waals surface area (Å²) in [5.74, 6) is 0.0408. The fraction of sp³-hybridized carbons (Fsp3) is 0.0769. The average molecular weight is 266 g/mol. The van der Waals surface area contributed by atoms with Crippen molar-refractivity contribution in [2.45, 2.75) is 0 Å². The number of aryl methyl sites for hydroxylation is 1. The molecule has 20 heavy (non-hydrogen) atoms. The molecule has 7 heteroatoms. The zero-order chi connectivity index (χ0) is 14.1. The van der Waals surface area contributed by atoms with Crippen molar-refractivity contribution in [2.75, 3.05) is 5.32 Å². The molecule has 0 aliphatic heterocycles. The van der Waals surface area contributed by atoms with Crippen molar-refractivity contribution in [3.8, 4) is 6.07 Å². The molecular weight excluding hydrogens is 256 g/mol. The molecule has 0 saturated carbocycles. The number of nitrogens with one attached hydrogen (secondary N) is 1. The van der Waals surface area contributed by atoms with Gasteiger partial charge in [-0.25, -0.2) is 4.52 Å². The predicted molar refractivity (Wildman–Crippen MR) is 71.1 cm³/mol. The average Bonchev–Trinajstić information content (AvgIpc) is 3.03. The van der Waals surface area contributed by atoms with E-state index in [0.29, 0.717) is 22.5 Å². The predicted octanol–water partition coefficient (Wildman–Crippen LogP) is 1.19. The molecular formula is C13H10N6O. The van der Waals surface area contributed by atoms with E-state index < -0.39 is 0 Å². The van der Waals surface area contributed by atoms with Crippen molar-refractivity contribution in [3.05, 3.63) is 47.9 Å². The number of aromatic nitrogens is 4. The molecule has 0 aliphatic rings. The van der Waals surface area contributed by atoms with Gasteiger partial charge in [-0.2, -0.15) is 15.5 Å². The van der Waals surface area contributed by atoms with Crippen molar-refractivity contribution >= 4 is 17.2 Å². The van der Waals surface area contributed by atoms with Crippen LogP contribution in [0, 0.1) is 11.3 Å². The van der Waals surface area contributed by atoms with Crippen molar-refractivity contribution in [1.29, 1.82) is 5.26 Å². The number of amides is 1. The molecule has 3 rings (SSSR count). The highest BCUT2D eigenvalue weighted by Gasteiger charge is 2.16. The highest BCUT2D eigenvalue weighted by molar-refractivity contribution is 6.08. The van der Waals surface area contributed by atoms with E-state index in [1.807, 2.05) is 18.2 Å². The maximum absolute atomic E-state index is 12.3. The first-order chi connectivity index (χ1) is 9.70. The van der Waals surface area contributed by atoms with E-state index >= 15 is 0 Å². The Morgan fingerprint density at radius 2 is 2.20 bits per heavy atom. The smallest absolute Gasteiger partial charge is 0.260 e. The molecule has 0 unspecified atom stereocenters. The van der Waals surface area contributed by atoms with Gasteiger partial charge in [-0.3, -0.25) is 9.48 Å². The van der Waals surface area contributed by atoms with E-state index in [-0.39, 0.29) is 5.91 Å². The van der Waals surface area contributed by atoms with Gasteiger partial charge in [0.25, 0.3) is 5.91 Å². The van der Waals surface area contributed by atoms with Gasteiger partial charge in [-0.1, -0.05) is 6.07 Å². The van der Waals surface area contributed by atoms with Gasteiger partial charge in [0.05, 0.1) is 23.5 Å². The summed E-state index contributed by atoms with van der Waals surface area (Å²) in [7, 11) is 1.66. The Balaban J connectivity index is 1.98. The van der Waals surface area contributed by atoms with E-state index in [9.17, 15) is 4.79 Å². The summed E-state index contributed by atoms with van der Waals surface area (Å²) in [6.45, 7) is 0. The molecule has 0 atom stereocenters. The van der Waals surface area contributed by atoms with Crippen LogP contribution in [0.25, 0.3) is 5.52 Å². The minimum Gasteiger partial charge on any atom is -0.306 e. The van der Waals surface area contributed by atoms with Crippen LogP contribution in [0.15, 0.2) is 36.8 Å². The van der Waals surface area contributed by atoms with Gasteiger partial charge in [0.1, 0.15) is 17.5 Å². The number of anilines is 1. The monoisotopic (exact) mass is 266 g/mol. The van der Waals surface area contributed by atoms with Crippen LogP contribution in [0.4, 0.5) is 5.82 Å². The second kappa shape index (κ2) is 4.51. The molecule has 0 aromatic carbocycles. The van der Waals surface area contributed by atoms with Crippen molar-refractivity contribution in [1.82, 2.24) is 19.4 Å². The zero-order valence-corrected chi connectivity index (χ0v) is 10.6. The number of hydrogen-bond donors (Lipinski definition) is 1. The molecule has 3 heterocycles. The Kier molecular flexibility index (Phi) is 2.69. The summed E-state index contributed by atoms with van der Waals surface area (Å²) in [5, 5.41) is 19.7. The van der Waals surface area contributed by atoms with E-state index in [4.69, 9.17) is 5.26 Å². The number of fused-ring (bicyclic) bond motifs is 1. The summed E-state index contributed by atoms with van der Waals surface area (Å²) in [4.78, 5) is 12.3. The molecule has 1 N–H and O–H groups in total. The standard InChI is InChI=1S/C13H10N6O/c1-18-12(9(6-14)7-15-18)17-13(20)10-8-16-19-5-3-2-4-11(10)19/h2-5,7-8H,1H3,(H,17,20). The maximum Gasteiger partial charge on any atom is 0.260 e. The van der Waals surface area contributed by atoms with Crippen LogP contribution < -0.4 is 5.32 Å². The van der Waals surface area contributed by atoms with Crippen LogP contribution in [0.2, 0.25) is 0 Å². The summed E-state index contributed by atoms with van der Waals surface area (Å²) < 4.78 is 3.06. The minimum atomic E-state index is -0.327. The number of nitrogens with zero attached hydrogens (tertiary/aromatic N) is 5. The summed E-state index contributed by atoms with van der Waals surface area (Å²) in [5.41, 5.74) is 1.46. The molecule has 0 spiro atoms. The van der Waals surface area contributed by atoms with Crippen LogP contribution in [0.5, 0.6) is 0 Å². The normalized spacial score (nSPS) is 10.4. The minimum absolute atomic E-state index is 0.317. The number of carbonyl (C=O) groups is 1. The molecule has 0 radical (unpaired) electrons. The number of carbonyl (C=O) groups excluding carboxylic acids is 1. The van der Waals surface area contributed by atoms with Crippen molar-refractivity contribution in [3.63, 3.8) is 0 Å². The van der Waals surface area contributed by atoms with Crippen molar-refractivity contribution in [2.24, 2.45) is 7.05 Å². The number of nitriles is 1. The van der Waals surface area contributed by atoms with Gasteiger partial charge in [0, 0.05) is 13.2 Å². The molecule has 0 fully saturated rings. The van der Waals surface area contributed by atoms with Gasteiger partial charge in [0.15, 0.2) is 0 Å². The number of rotatable bonds is 2. The Hall–Kier alpha value is -3.14. The Morgan fingerprint density at radius 1 is 1.35 bits per heavy atom. The van der Waals surface area contributed by atoms with Crippen LogP contribution in [-0.2, 0) is 7.05 Å². The lowest BCUT2D eigenvalue weighted by molar-refractivity contribution is 0.102. The SMILES string of the molecule is Cn1ncc(C#N)c1NC(=O)c1cnn2ccccc12. The molecule has 7 nitrogen and oxygen atoms in total. The first kappa shape index (κ1) is 11.9. The third-order valence-corrected chi connectivity index (χ3v) is 2.96. The number of pyridine rings is 1. The Bertz CT molecular complexity index is 838. The summed E-state index contributed by atoms with van der Waals surface area (Å²) >= 11 is 0. The first-order valence-electron chi connectivity index (χ1n) is 5.86. The molecule has 3 aromatic heterocycles. The van der Waals surface area contributed by atoms with Crippen LogP contribution in [-0.4, -0.2) is 25.3 Å². The molecule has 1 amide bonds. The van der Waals surface area contributed by atoms with E-state index in [1.165, 1.54) is 17.1 Å². The highest BCUT2D eigenvalue weighted by atomic mass is 16.1. The van der Waals surface area contributed by atoms with Gasteiger partial charge in [-0.05, 0) is 12.1 Å². The van der Waals surface area contributed by atoms with Crippen LogP contribution >= 0.6 is 0 Å². The van der Waals surface area contributed by atoms with Crippen LogP contribution in [0.1, 0.15) is 15.9 Å². The lowest BCUT2D eigenvalue weighted by Gasteiger charge is -2.04. The van der Waals surface area contributed by atoms with E-state index in [0.717, 1.165) is 0 Å². The maximum atomic E-state index is 12.3. The molecule has 0 aliphatic carbocycles.